The third-order valence-electron chi connectivity index (χ3n) is 7.11. The Morgan fingerprint density at radius 2 is 0.511 bits per heavy atom. The van der Waals surface area contributed by atoms with Crippen molar-refractivity contribution in [3.63, 3.8) is 0 Å². The minimum absolute atomic E-state index is 0.133. The summed E-state index contributed by atoms with van der Waals surface area (Å²) in [5.74, 6) is -15.7. The molecule has 0 aliphatic rings. The molecule has 0 aliphatic heterocycles. The maximum absolute atomic E-state index is 15.8. The largest absolute Gasteiger partial charge is 0.305 e. The molecule has 0 amide bonds. The molecule has 0 saturated heterocycles. The average molecular weight is 665 g/mol. The molecule has 0 unspecified atom stereocenters. The van der Waals surface area contributed by atoms with Gasteiger partial charge in [-0.25, -0.2) is 35.1 Å². The molecule has 0 atom stereocenters. The van der Waals surface area contributed by atoms with Gasteiger partial charge < -0.3 is 9.80 Å². The molecule has 236 valence electrons. The van der Waals surface area contributed by atoms with Gasteiger partial charge in [-0.15, -0.1) is 0 Å². The number of benzene rings is 6. The first kappa shape index (κ1) is 31.7. The summed E-state index contributed by atoms with van der Waals surface area (Å²) in [6.07, 6.45) is 0. The topological polar surface area (TPSA) is 6.48 Å². The van der Waals surface area contributed by atoms with Crippen LogP contribution in [0.1, 0.15) is 0 Å². The van der Waals surface area contributed by atoms with Crippen molar-refractivity contribution in [1.82, 2.24) is 0 Å². The van der Waals surface area contributed by atoms with Crippen molar-refractivity contribution in [3.05, 3.63) is 168 Å². The van der Waals surface area contributed by atoms with Crippen LogP contribution in [-0.2, 0) is 0 Å². The Hall–Kier alpha value is -5.29. The fourth-order valence-corrected chi connectivity index (χ4v) is 5.92. The molecule has 2 nitrogen and oxygen atoms in total. The van der Waals surface area contributed by atoms with Gasteiger partial charge in [0.05, 0.1) is 9.79 Å². The SMILES string of the molecule is Fc1c(F)c(N(c2ccccc2)c2ccccc2)c(F)c(F)c1Sc1c(F)c(F)c(N(c2ccccc2)c2ccccc2)c(F)c1F. The van der Waals surface area contributed by atoms with E-state index in [-0.39, 0.29) is 22.7 Å². The number of nitrogens with zero attached hydrogens (tertiary/aromatic N) is 2. The zero-order valence-corrected chi connectivity index (χ0v) is 24.7. The summed E-state index contributed by atoms with van der Waals surface area (Å²) in [5.41, 5.74) is -1.78. The van der Waals surface area contributed by atoms with Crippen LogP contribution in [0.5, 0.6) is 0 Å². The van der Waals surface area contributed by atoms with Gasteiger partial charge in [-0.05, 0) is 48.5 Å². The maximum Gasteiger partial charge on any atom is 0.187 e. The van der Waals surface area contributed by atoms with E-state index in [1.807, 2.05) is 0 Å². The van der Waals surface area contributed by atoms with E-state index in [1.165, 1.54) is 97.1 Å². The van der Waals surface area contributed by atoms with Crippen molar-refractivity contribution in [2.75, 3.05) is 9.80 Å². The maximum atomic E-state index is 15.8. The second-order valence-corrected chi connectivity index (χ2v) is 11.0. The lowest BCUT2D eigenvalue weighted by Crippen LogP contribution is -2.17. The van der Waals surface area contributed by atoms with Gasteiger partial charge in [0.25, 0.3) is 0 Å². The number of hydrogen-bond donors (Lipinski definition) is 0. The summed E-state index contributed by atoms with van der Waals surface area (Å²) in [4.78, 5) is -1.25. The summed E-state index contributed by atoms with van der Waals surface area (Å²) in [5, 5.41) is 0. The molecular weight excluding hydrogens is 644 g/mol. The zero-order valence-electron chi connectivity index (χ0n) is 23.9. The van der Waals surface area contributed by atoms with Crippen LogP contribution in [0, 0.1) is 46.5 Å². The Morgan fingerprint density at radius 3 is 0.723 bits per heavy atom. The standard InChI is InChI=1S/C36H20F8N2S/c37-25-29(41)35(30(42)26(38)33(25)45(21-13-5-1-6-14-21)22-15-7-2-8-16-22)47-36-31(43)27(39)34(28(40)32(36)44)46(23-17-9-3-10-18-23)24-19-11-4-12-20-24/h1-20H. The Labute approximate surface area is 268 Å². The minimum Gasteiger partial charge on any atom is -0.305 e. The Balaban J connectivity index is 1.49. The summed E-state index contributed by atoms with van der Waals surface area (Å²) in [7, 11) is 0. The molecule has 0 heterocycles. The Bertz CT molecular complexity index is 1760. The third kappa shape index (κ3) is 5.78. The second kappa shape index (κ2) is 13.2. The van der Waals surface area contributed by atoms with E-state index >= 15 is 35.1 Å². The van der Waals surface area contributed by atoms with Gasteiger partial charge in [0.15, 0.2) is 46.5 Å². The smallest absolute Gasteiger partial charge is 0.187 e. The van der Waals surface area contributed by atoms with Crippen LogP contribution < -0.4 is 9.80 Å². The molecule has 0 aliphatic carbocycles. The molecule has 6 aromatic rings. The lowest BCUT2D eigenvalue weighted by molar-refractivity contribution is 0.422. The first-order valence-electron chi connectivity index (χ1n) is 13.9. The normalized spacial score (nSPS) is 11.1. The molecule has 11 heteroatoms. The highest BCUT2D eigenvalue weighted by Crippen LogP contribution is 2.47. The van der Waals surface area contributed by atoms with Crippen LogP contribution in [0.2, 0.25) is 0 Å². The highest BCUT2D eigenvalue weighted by Gasteiger charge is 2.35. The molecule has 6 aromatic carbocycles. The molecule has 0 bridgehead atoms. The van der Waals surface area contributed by atoms with Gasteiger partial charge in [0.1, 0.15) is 11.4 Å². The summed E-state index contributed by atoms with van der Waals surface area (Å²) in [6, 6.07) is 30.3. The number of hydrogen-bond acceptors (Lipinski definition) is 3. The second-order valence-electron chi connectivity index (χ2n) is 9.98. The quantitative estimate of drug-likeness (QED) is 0.118. The fraction of sp³-hybridized carbons (Fsp3) is 0. The van der Waals surface area contributed by atoms with Gasteiger partial charge in [-0.3, -0.25) is 0 Å². The lowest BCUT2D eigenvalue weighted by atomic mass is 10.1. The number of para-hydroxylation sites is 4. The van der Waals surface area contributed by atoms with Gasteiger partial charge in [-0.2, -0.15) is 0 Å². The molecule has 0 spiro atoms. The van der Waals surface area contributed by atoms with Crippen LogP contribution in [0.3, 0.4) is 0 Å². The molecule has 0 saturated carbocycles. The highest BCUT2D eigenvalue weighted by molar-refractivity contribution is 7.99. The van der Waals surface area contributed by atoms with Gasteiger partial charge in [-0.1, -0.05) is 84.6 Å². The van der Waals surface area contributed by atoms with Crippen LogP contribution in [0.25, 0.3) is 0 Å². The van der Waals surface area contributed by atoms with E-state index < -0.39 is 79.5 Å². The lowest BCUT2D eigenvalue weighted by Gasteiger charge is -2.27. The van der Waals surface area contributed by atoms with Crippen molar-refractivity contribution >= 4 is 45.9 Å². The first-order valence-corrected chi connectivity index (χ1v) is 14.7. The predicted molar refractivity (Wildman–Crippen MR) is 166 cm³/mol. The Morgan fingerprint density at radius 1 is 0.298 bits per heavy atom. The molecule has 0 fully saturated rings. The zero-order chi connectivity index (χ0) is 33.2. The number of anilines is 6. The average Bonchev–Trinajstić information content (AvgIpc) is 3.11. The van der Waals surface area contributed by atoms with Crippen LogP contribution in [0.15, 0.2) is 131 Å². The number of rotatable bonds is 8. The summed E-state index contributed by atoms with van der Waals surface area (Å²) >= 11 is -0.522. The fourth-order valence-electron chi connectivity index (χ4n) is 5.00. The van der Waals surface area contributed by atoms with E-state index in [4.69, 9.17) is 0 Å². The van der Waals surface area contributed by atoms with Crippen molar-refractivity contribution in [3.8, 4) is 0 Å². The van der Waals surface area contributed by atoms with Gasteiger partial charge in [0, 0.05) is 22.7 Å². The molecule has 0 radical (unpaired) electrons. The molecular formula is C36H20F8N2S. The van der Waals surface area contributed by atoms with Crippen molar-refractivity contribution < 1.29 is 35.1 Å². The predicted octanol–water partition coefficient (Wildman–Crippen LogP) is 11.9. The minimum atomic E-state index is -2.03. The molecule has 47 heavy (non-hydrogen) atoms. The van der Waals surface area contributed by atoms with E-state index in [0.29, 0.717) is 0 Å². The van der Waals surface area contributed by atoms with Crippen molar-refractivity contribution in [1.29, 1.82) is 0 Å². The van der Waals surface area contributed by atoms with Crippen molar-refractivity contribution in [2.45, 2.75) is 9.79 Å². The Kier molecular flexibility index (Phi) is 8.91. The summed E-state index contributed by atoms with van der Waals surface area (Å²) < 4.78 is 126. The monoisotopic (exact) mass is 664 g/mol. The van der Waals surface area contributed by atoms with E-state index in [2.05, 4.69) is 0 Å². The van der Waals surface area contributed by atoms with Crippen LogP contribution in [-0.4, -0.2) is 0 Å². The van der Waals surface area contributed by atoms with E-state index in [9.17, 15) is 0 Å². The van der Waals surface area contributed by atoms with Crippen LogP contribution >= 0.6 is 11.8 Å². The molecule has 0 N–H and O–H groups in total. The number of halogens is 8. The third-order valence-corrected chi connectivity index (χ3v) is 8.23. The van der Waals surface area contributed by atoms with Crippen molar-refractivity contribution in [2.24, 2.45) is 0 Å². The highest BCUT2D eigenvalue weighted by atomic mass is 32.2. The van der Waals surface area contributed by atoms with Crippen LogP contribution in [0.4, 0.5) is 69.2 Å². The summed E-state index contributed by atoms with van der Waals surface area (Å²) in [6.45, 7) is 0. The van der Waals surface area contributed by atoms with Gasteiger partial charge in [0.2, 0.25) is 0 Å². The molecule has 6 rings (SSSR count). The van der Waals surface area contributed by atoms with E-state index in [0.717, 1.165) is 9.80 Å². The molecule has 0 aromatic heterocycles. The van der Waals surface area contributed by atoms with E-state index in [1.54, 1.807) is 24.3 Å². The van der Waals surface area contributed by atoms with Gasteiger partial charge >= 0.3 is 0 Å². The first-order chi connectivity index (χ1) is 22.7.